The van der Waals surface area contributed by atoms with Gasteiger partial charge in [0.1, 0.15) is 5.75 Å². The van der Waals surface area contributed by atoms with Crippen LogP contribution in [0.4, 0.5) is 0 Å². The molecule has 4 N–H and O–H groups in total. The van der Waals surface area contributed by atoms with Crippen LogP contribution in [0, 0.1) is 0 Å². The molecule has 0 spiro atoms. The number of halogens is 1. The molecule has 40 heavy (non-hydrogen) atoms. The molecule has 216 valence electrons. The smallest absolute Gasteiger partial charge is 0.268 e. The number of ether oxygens (including phenoxy) is 1. The highest BCUT2D eigenvalue weighted by atomic mass is 35.5. The molecule has 0 heterocycles. The Morgan fingerprint density at radius 1 is 1.00 bits per heavy atom. The molecule has 0 unspecified atom stereocenters. The summed E-state index contributed by atoms with van der Waals surface area (Å²) in [7, 11) is -3.87. The maximum atomic E-state index is 12.7. The van der Waals surface area contributed by atoms with Crippen molar-refractivity contribution >= 4 is 27.5 Å². The minimum Gasteiger partial charge on any atom is -0.490 e. The summed E-state index contributed by atoms with van der Waals surface area (Å²) in [5, 5.41) is 23.1. The first-order valence-electron chi connectivity index (χ1n) is 13.3. The summed E-state index contributed by atoms with van der Waals surface area (Å²) in [5.41, 5.74) is 3.84. The molecule has 1 atom stereocenters. The highest BCUT2D eigenvalue weighted by molar-refractivity contribution is 7.90. The first kappa shape index (κ1) is 31.6. The maximum absolute atomic E-state index is 12.7. The molecule has 0 aliphatic heterocycles. The Morgan fingerprint density at radius 3 is 2.40 bits per heavy atom. The highest BCUT2D eigenvalue weighted by Gasteiger charge is 2.20. The number of carbonyl (C=O) groups is 1. The van der Waals surface area contributed by atoms with Crippen molar-refractivity contribution in [3.8, 4) is 16.9 Å². The first-order valence-corrected chi connectivity index (χ1v) is 15.3. The molecule has 10 heteroatoms. The maximum Gasteiger partial charge on any atom is 0.268 e. The highest BCUT2D eigenvalue weighted by Crippen LogP contribution is 2.29. The van der Waals surface area contributed by atoms with Crippen LogP contribution in [0.15, 0.2) is 66.7 Å². The van der Waals surface area contributed by atoms with Gasteiger partial charge in [0.05, 0.1) is 23.5 Å². The largest absolute Gasteiger partial charge is 0.490 e. The number of hydrogen-bond donors (Lipinski definition) is 4. The normalized spacial score (nSPS) is 12.3. The number of benzene rings is 3. The van der Waals surface area contributed by atoms with Crippen LogP contribution in [0.3, 0.4) is 0 Å². The minimum atomic E-state index is -3.87. The third-order valence-corrected chi connectivity index (χ3v) is 7.64. The Labute approximate surface area is 241 Å². The topological polar surface area (TPSA) is 125 Å². The number of rotatable bonds is 15. The molecule has 3 aromatic carbocycles. The van der Waals surface area contributed by atoms with Crippen LogP contribution in [0.2, 0.25) is 5.02 Å². The van der Waals surface area contributed by atoms with E-state index in [9.17, 15) is 18.3 Å². The number of nitrogens with one attached hydrogen (secondary N) is 2. The molecule has 0 aliphatic carbocycles. The Bertz CT molecular complexity index is 1360. The van der Waals surface area contributed by atoms with Crippen LogP contribution in [-0.2, 0) is 16.4 Å². The summed E-state index contributed by atoms with van der Waals surface area (Å²) >= 11 is 5.99. The molecule has 0 radical (unpaired) electrons. The lowest BCUT2D eigenvalue weighted by molar-refractivity contribution is 0.0975. The molecule has 3 aromatic rings. The summed E-state index contributed by atoms with van der Waals surface area (Å²) in [4.78, 5) is 12.7. The molecular formula is C30H37ClN2O6S. The SMILES string of the molecule is CC(C)Oc1cc(-c2ccc(CCCNC[C@@H](O)c3cccc(Cl)c3)cc2)ccc1C(=O)NS(=O)(=O)CCCO. The van der Waals surface area contributed by atoms with Crippen LogP contribution < -0.4 is 14.8 Å². The standard InChI is InChI=1S/C30H37ClN2O6S/c1-21(2)39-29-19-24(13-14-27(29)30(36)33-40(37,38)17-5-16-34)23-11-9-22(10-12-23)6-4-15-32-20-28(35)25-7-3-8-26(31)18-25/h3,7-14,18-19,21,28,32,34-35H,4-6,15-17,20H2,1-2H3,(H,33,36)/t28-/m1/s1. The van der Waals surface area contributed by atoms with E-state index < -0.39 is 22.0 Å². The molecule has 0 aliphatic rings. The van der Waals surface area contributed by atoms with Gasteiger partial charge in [0.25, 0.3) is 5.91 Å². The second-order valence-electron chi connectivity index (χ2n) is 9.78. The fourth-order valence-corrected chi connectivity index (χ4v) is 5.30. The van der Waals surface area contributed by atoms with Gasteiger partial charge < -0.3 is 20.3 Å². The van der Waals surface area contributed by atoms with E-state index in [0.29, 0.717) is 11.6 Å². The van der Waals surface area contributed by atoms with Gasteiger partial charge in [-0.05, 0) is 86.2 Å². The average Bonchev–Trinajstić information content (AvgIpc) is 2.91. The molecule has 3 rings (SSSR count). The van der Waals surface area contributed by atoms with Crippen molar-refractivity contribution < 1.29 is 28.2 Å². The monoisotopic (exact) mass is 588 g/mol. The number of aryl methyl sites for hydroxylation is 1. The molecule has 0 fully saturated rings. The lowest BCUT2D eigenvalue weighted by Crippen LogP contribution is -2.33. The first-order chi connectivity index (χ1) is 19.1. The number of aliphatic hydroxyl groups excluding tert-OH is 2. The summed E-state index contributed by atoms with van der Waals surface area (Å²) in [6.07, 6.45) is 0.966. The predicted octanol–water partition coefficient (Wildman–Crippen LogP) is 4.49. The number of amides is 1. The number of hydrogen-bond acceptors (Lipinski definition) is 7. The Balaban J connectivity index is 1.59. The van der Waals surface area contributed by atoms with Crippen LogP contribution >= 0.6 is 11.6 Å². The van der Waals surface area contributed by atoms with E-state index in [0.717, 1.165) is 36.1 Å². The van der Waals surface area contributed by atoms with Crippen LogP contribution in [0.5, 0.6) is 5.75 Å². The van der Waals surface area contributed by atoms with Gasteiger partial charge in [0.15, 0.2) is 0 Å². The lowest BCUT2D eigenvalue weighted by atomic mass is 10.00. The number of aliphatic hydroxyl groups is 2. The second kappa shape index (κ2) is 15.2. The van der Waals surface area contributed by atoms with Crippen molar-refractivity contribution in [2.75, 3.05) is 25.4 Å². The molecule has 0 saturated heterocycles. The molecule has 0 bridgehead atoms. The van der Waals surface area contributed by atoms with Crippen molar-refractivity contribution in [2.45, 2.75) is 45.3 Å². The van der Waals surface area contributed by atoms with Crippen molar-refractivity contribution in [3.05, 3.63) is 88.4 Å². The molecule has 0 aromatic heterocycles. The quantitative estimate of drug-likeness (QED) is 0.193. The van der Waals surface area contributed by atoms with Crippen molar-refractivity contribution in [3.63, 3.8) is 0 Å². The molecule has 8 nitrogen and oxygen atoms in total. The van der Waals surface area contributed by atoms with Crippen molar-refractivity contribution in [2.24, 2.45) is 0 Å². The summed E-state index contributed by atoms with van der Waals surface area (Å²) in [6, 6.07) is 20.4. The van der Waals surface area contributed by atoms with Crippen LogP contribution in [0.1, 0.15) is 54.3 Å². The Hall–Kier alpha value is -2.95. The summed E-state index contributed by atoms with van der Waals surface area (Å²) in [6.45, 7) is 4.58. The zero-order valence-corrected chi connectivity index (χ0v) is 24.3. The van der Waals surface area contributed by atoms with Crippen molar-refractivity contribution in [1.82, 2.24) is 10.0 Å². The Morgan fingerprint density at radius 2 is 1.73 bits per heavy atom. The van der Waals surface area contributed by atoms with Crippen LogP contribution in [0.25, 0.3) is 11.1 Å². The summed E-state index contributed by atoms with van der Waals surface area (Å²) < 4.78 is 32.2. The summed E-state index contributed by atoms with van der Waals surface area (Å²) in [5.74, 6) is -0.831. The fraction of sp³-hybridized carbons (Fsp3) is 0.367. The van der Waals surface area contributed by atoms with E-state index in [4.69, 9.17) is 21.4 Å². The van der Waals surface area contributed by atoms with E-state index in [1.54, 1.807) is 30.3 Å². The fourth-order valence-electron chi connectivity index (χ4n) is 4.09. The van der Waals surface area contributed by atoms with E-state index >= 15 is 0 Å². The van der Waals surface area contributed by atoms with Gasteiger partial charge >= 0.3 is 0 Å². The van der Waals surface area contributed by atoms with E-state index in [2.05, 4.69) is 10.0 Å². The minimum absolute atomic E-state index is 0.0382. The average molecular weight is 589 g/mol. The van der Waals surface area contributed by atoms with Gasteiger partial charge in [-0.15, -0.1) is 0 Å². The molecular weight excluding hydrogens is 552 g/mol. The zero-order valence-electron chi connectivity index (χ0n) is 22.8. The van der Waals surface area contributed by atoms with Crippen LogP contribution in [-0.4, -0.2) is 56.1 Å². The third-order valence-electron chi connectivity index (χ3n) is 6.09. The van der Waals surface area contributed by atoms with Gasteiger partial charge in [-0.2, -0.15) is 0 Å². The van der Waals surface area contributed by atoms with Gasteiger partial charge in [-0.1, -0.05) is 54.1 Å². The van der Waals surface area contributed by atoms with E-state index in [1.807, 2.05) is 50.2 Å². The number of sulfonamides is 1. The van der Waals surface area contributed by atoms with E-state index in [-0.39, 0.29) is 36.2 Å². The van der Waals surface area contributed by atoms with Crippen molar-refractivity contribution in [1.29, 1.82) is 0 Å². The third kappa shape index (κ3) is 9.91. The Kier molecular flexibility index (Phi) is 12.0. The molecule has 0 saturated carbocycles. The zero-order chi connectivity index (χ0) is 29.1. The molecule has 1 amide bonds. The van der Waals surface area contributed by atoms with Gasteiger partial charge in [-0.25, -0.2) is 13.1 Å². The lowest BCUT2D eigenvalue weighted by Gasteiger charge is -2.16. The number of carbonyl (C=O) groups excluding carboxylic acids is 1. The predicted molar refractivity (Wildman–Crippen MR) is 158 cm³/mol. The van der Waals surface area contributed by atoms with Gasteiger partial charge in [0, 0.05) is 18.2 Å². The second-order valence-corrected chi connectivity index (χ2v) is 12.1. The van der Waals surface area contributed by atoms with Gasteiger partial charge in [-0.3, -0.25) is 4.79 Å². The van der Waals surface area contributed by atoms with E-state index in [1.165, 1.54) is 5.56 Å². The van der Waals surface area contributed by atoms with Gasteiger partial charge in [0.2, 0.25) is 10.0 Å².